The van der Waals surface area contributed by atoms with Crippen molar-refractivity contribution in [1.82, 2.24) is 0 Å². The van der Waals surface area contributed by atoms with E-state index in [9.17, 15) is 9.18 Å². The number of rotatable bonds is 1. The number of halogens is 1. The molecule has 0 radical (unpaired) electrons. The lowest BCUT2D eigenvalue weighted by Crippen LogP contribution is -1.85. The molecule has 0 unspecified atom stereocenters. The summed E-state index contributed by atoms with van der Waals surface area (Å²) in [6, 6.07) is 4.26. The number of hydrogen-bond donors (Lipinski definition) is 1. The fraction of sp³-hybridized carbons (Fsp3) is 0. The third-order valence-corrected chi connectivity index (χ3v) is 2.76. The highest BCUT2D eigenvalue weighted by molar-refractivity contribution is 7.21. The number of aromatic hydroxyl groups is 1. The summed E-state index contributed by atoms with van der Waals surface area (Å²) in [5.74, 6) is -0.552. The highest BCUT2D eigenvalue weighted by atomic mass is 32.1. The predicted molar refractivity (Wildman–Crippen MR) is 48.8 cm³/mol. The number of carbonyl (C=O) groups excluding carboxylic acids is 1. The number of benzene rings is 1. The van der Waals surface area contributed by atoms with Crippen LogP contribution >= 0.6 is 11.3 Å². The summed E-state index contributed by atoms with van der Waals surface area (Å²) in [6.07, 6.45) is 0.466. The summed E-state index contributed by atoms with van der Waals surface area (Å²) in [4.78, 5) is 10.5. The zero-order chi connectivity index (χ0) is 9.42. The van der Waals surface area contributed by atoms with Gasteiger partial charge in [0, 0.05) is 0 Å². The van der Waals surface area contributed by atoms with Crippen molar-refractivity contribution < 1.29 is 14.3 Å². The van der Waals surface area contributed by atoms with Gasteiger partial charge in [0.15, 0.2) is 11.3 Å². The van der Waals surface area contributed by atoms with Crippen molar-refractivity contribution in [1.29, 1.82) is 0 Å². The van der Waals surface area contributed by atoms with E-state index in [4.69, 9.17) is 5.11 Å². The Morgan fingerprint density at radius 1 is 1.46 bits per heavy atom. The maximum Gasteiger partial charge on any atom is 0.172 e. The Morgan fingerprint density at radius 3 is 2.92 bits per heavy atom. The fourth-order valence-corrected chi connectivity index (χ4v) is 2.09. The van der Waals surface area contributed by atoms with Crippen molar-refractivity contribution in [2.24, 2.45) is 0 Å². The van der Waals surface area contributed by atoms with Crippen LogP contribution in [0.3, 0.4) is 0 Å². The average molecular weight is 196 g/mol. The number of fused-ring (bicyclic) bond motifs is 1. The molecule has 0 fully saturated rings. The minimum Gasteiger partial charge on any atom is -0.499 e. The second-order valence-electron chi connectivity index (χ2n) is 2.58. The van der Waals surface area contributed by atoms with E-state index in [0.717, 1.165) is 11.3 Å². The predicted octanol–water partition coefficient (Wildman–Crippen LogP) is 2.56. The highest BCUT2D eigenvalue weighted by Crippen LogP contribution is 2.33. The molecule has 2 rings (SSSR count). The summed E-state index contributed by atoms with van der Waals surface area (Å²) in [6.45, 7) is 0. The highest BCUT2D eigenvalue weighted by Gasteiger charge is 2.09. The van der Waals surface area contributed by atoms with Crippen LogP contribution in [0.2, 0.25) is 0 Å². The smallest absolute Gasteiger partial charge is 0.172 e. The lowest BCUT2D eigenvalue weighted by Gasteiger charge is -1.94. The molecule has 0 saturated heterocycles. The van der Waals surface area contributed by atoms with Crippen LogP contribution in [0.1, 0.15) is 10.4 Å². The zero-order valence-electron chi connectivity index (χ0n) is 6.45. The fourth-order valence-electron chi connectivity index (χ4n) is 1.20. The van der Waals surface area contributed by atoms with E-state index in [2.05, 4.69) is 0 Å². The Morgan fingerprint density at radius 2 is 2.23 bits per heavy atom. The van der Waals surface area contributed by atoms with Gasteiger partial charge in [0.25, 0.3) is 0 Å². The van der Waals surface area contributed by atoms with Crippen LogP contribution in [-0.2, 0) is 0 Å². The van der Waals surface area contributed by atoms with E-state index >= 15 is 0 Å². The first kappa shape index (κ1) is 8.19. The molecule has 0 atom stereocenters. The van der Waals surface area contributed by atoms with Gasteiger partial charge in [0.05, 0.1) is 10.3 Å². The molecule has 0 aliphatic carbocycles. The van der Waals surface area contributed by atoms with Crippen LogP contribution in [0.15, 0.2) is 18.2 Å². The average Bonchev–Trinajstić information content (AvgIpc) is 2.45. The minimum atomic E-state index is -0.552. The first-order valence-corrected chi connectivity index (χ1v) is 4.40. The van der Waals surface area contributed by atoms with Crippen LogP contribution in [0, 0.1) is 5.82 Å². The summed E-state index contributed by atoms with van der Waals surface area (Å²) in [5, 5.41) is 9.92. The summed E-state index contributed by atoms with van der Waals surface area (Å²) in [7, 11) is 0. The summed E-state index contributed by atoms with van der Waals surface area (Å²) < 4.78 is 13.5. The van der Waals surface area contributed by atoms with Gasteiger partial charge >= 0.3 is 0 Å². The molecule has 2 nitrogen and oxygen atoms in total. The number of hydrogen-bond acceptors (Lipinski definition) is 3. The van der Waals surface area contributed by atoms with Crippen molar-refractivity contribution in [3.63, 3.8) is 0 Å². The van der Waals surface area contributed by atoms with Gasteiger partial charge in [0.1, 0.15) is 5.82 Å². The molecule has 0 saturated carbocycles. The maximum atomic E-state index is 13.0. The normalized spacial score (nSPS) is 10.5. The molecule has 66 valence electrons. The lowest BCUT2D eigenvalue weighted by molar-refractivity contribution is 0.112. The van der Waals surface area contributed by atoms with Crippen LogP contribution in [0.25, 0.3) is 10.1 Å². The minimum absolute atomic E-state index is 0.0165. The van der Waals surface area contributed by atoms with Gasteiger partial charge in [-0.3, -0.25) is 4.79 Å². The van der Waals surface area contributed by atoms with Crippen molar-refractivity contribution in [2.75, 3.05) is 0 Å². The van der Waals surface area contributed by atoms with Crippen LogP contribution in [0.4, 0.5) is 4.39 Å². The van der Waals surface area contributed by atoms with Gasteiger partial charge in [-0.1, -0.05) is 17.4 Å². The monoisotopic (exact) mass is 196 g/mol. The van der Waals surface area contributed by atoms with E-state index < -0.39 is 5.82 Å². The Bertz CT molecular complexity index is 476. The molecule has 0 aliphatic rings. The summed E-state index contributed by atoms with van der Waals surface area (Å²) >= 11 is 1.00. The SMILES string of the molecule is O=Cc1c(F)ccc2cc(O)sc12. The molecular formula is C9H5FO2S. The molecule has 1 aromatic heterocycles. The Labute approximate surface area is 77.2 Å². The second kappa shape index (κ2) is 2.81. The van der Waals surface area contributed by atoms with E-state index in [0.29, 0.717) is 16.4 Å². The first-order chi connectivity index (χ1) is 6.22. The zero-order valence-corrected chi connectivity index (χ0v) is 7.27. The van der Waals surface area contributed by atoms with Crippen molar-refractivity contribution >= 4 is 27.7 Å². The van der Waals surface area contributed by atoms with E-state index in [-0.39, 0.29) is 10.6 Å². The largest absolute Gasteiger partial charge is 0.499 e. The number of carbonyl (C=O) groups is 1. The Kier molecular flexibility index (Phi) is 1.77. The maximum absolute atomic E-state index is 13.0. The molecule has 4 heteroatoms. The number of thiophene rings is 1. The van der Waals surface area contributed by atoms with Crippen LogP contribution in [0.5, 0.6) is 5.06 Å². The van der Waals surface area contributed by atoms with Gasteiger partial charge in [-0.2, -0.15) is 0 Å². The molecule has 1 N–H and O–H groups in total. The standard InChI is InChI=1S/C9H5FO2S/c10-7-2-1-5-3-8(12)13-9(5)6(7)4-11/h1-4,12H. The van der Waals surface area contributed by atoms with Crippen molar-refractivity contribution in [3.05, 3.63) is 29.6 Å². The molecule has 0 spiro atoms. The van der Waals surface area contributed by atoms with Gasteiger partial charge in [-0.15, -0.1) is 0 Å². The third kappa shape index (κ3) is 1.19. The van der Waals surface area contributed by atoms with Crippen molar-refractivity contribution in [2.45, 2.75) is 0 Å². The molecule has 0 bridgehead atoms. The van der Waals surface area contributed by atoms with Crippen LogP contribution < -0.4 is 0 Å². The van der Waals surface area contributed by atoms with Gasteiger partial charge in [0.2, 0.25) is 0 Å². The molecule has 1 aromatic carbocycles. The second-order valence-corrected chi connectivity index (χ2v) is 3.61. The topological polar surface area (TPSA) is 37.3 Å². The van der Waals surface area contributed by atoms with Crippen molar-refractivity contribution in [3.8, 4) is 5.06 Å². The Hall–Kier alpha value is -1.42. The van der Waals surface area contributed by atoms with Crippen LogP contribution in [-0.4, -0.2) is 11.4 Å². The van der Waals surface area contributed by atoms with Gasteiger partial charge in [-0.05, 0) is 17.5 Å². The van der Waals surface area contributed by atoms with E-state index in [1.165, 1.54) is 18.2 Å². The molecular weight excluding hydrogens is 191 g/mol. The van der Waals surface area contributed by atoms with E-state index in [1.54, 1.807) is 0 Å². The third-order valence-electron chi connectivity index (χ3n) is 1.78. The van der Waals surface area contributed by atoms with E-state index in [1.807, 2.05) is 0 Å². The number of aldehydes is 1. The molecule has 2 aromatic rings. The molecule has 0 amide bonds. The van der Waals surface area contributed by atoms with Gasteiger partial charge in [-0.25, -0.2) is 4.39 Å². The van der Waals surface area contributed by atoms with Gasteiger partial charge < -0.3 is 5.11 Å². The molecule has 13 heavy (non-hydrogen) atoms. The molecule has 0 aliphatic heterocycles. The first-order valence-electron chi connectivity index (χ1n) is 3.58. The quantitative estimate of drug-likeness (QED) is 0.711. The lowest BCUT2D eigenvalue weighted by atomic mass is 10.2. The Balaban J connectivity index is 2.90. The molecule has 1 heterocycles. The summed E-state index contributed by atoms with van der Waals surface area (Å²) in [5.41, 5.74) is 0.0165.